The predicted octanol–water partition coefficient (Wildman–Crippen LogP) is 2.70. The van der Waals surface area contributed by atoms with Crippen molar-refractivity contribution in [3.05, 3.63) is 23.5 Å². The minimum Gasteiger partial charge on any atom is -0.471 e. The number of nitrogens with zero attached hydrogens (tertiary/aromatic N) is 5. The van der Waals surface area contributed by atoms with Crippen LogP contribution < -0.4 is 10.2 Å². The average Bonchev–Trinajstić information content (AvgIpc) is 3.49. The van der Waals surface area contributed by atoms with Gasteiger partial charge in [0.1, 0.15) is 5.82 Å². The van der Waals surface area contributed by atoms with Crippen molar-refractivity contribution in [1.29, 1.82) is 0 Å². The molecule has 160 valence electrons. The maximum atomic E-state index is 8.95. The standard InChI is InChI=1S/C16H23N7.C2H4O2.C2H6/c1-11-9-14(18-15-10-13(20-21-15)12-3-4-12)19-16(17-11)23-7-5-22(2)6-8-23;1-4-2-3;1-2/h9-10,12H,3-8H2,1-2H3,(H2,17,18,19,20,21);2H,1H3;1-2H3. The highest BCUT2D eigenvalue weighted by Crippen LogP contribution is 2.39. The summed E-state index contributed by atoms with van der Waals surface area (Å²) in [6.07, 6.45) is 2.53. The van der Waals surface area contributed by atoms with Crippen LogP contribution in [0.3, 0.4) is 0 Å². The molecule has 2 fully saturated rings. The first-order valence-electron chi connectivity index (χ1n) is 10.2. The summed E-state index contributed by atoms with van der Waals surface area (Å²) < 4.78 is 3.86. The molecule has 0 radical (unpaired) electrons. The molecule has 2 aliphatic rings. The van der Waals surface area contributed by atoms with E-state index in [4.69, 9.17) is 4.79 Å². The molecule has 1 saturated heterocycles. The van der Waals surface area contributed by atoms with Gasteiger partial charge in [-0.15, -0.1) is 0 Å². The Labute approximate surface area is 172 Å². The van der Waals surface area contributed by atoms with Gasteiger partial charge >= 0.3 is 0 Å². The van der Waals surface area contributed by atoms with Gasteiger partial charge in [-0.25, -0.2) is 4.98 Å². The third-order valence-electron chi connectivity index (χ3n) is 4.60. The van der Waals surface area contributed by atoms with E-state index in [0.717, 1.165) is 49.5 Å². The minimum absolute atomic E-state index is 0.375. The van der Waals surface area contributed by atoms with Crippen molar-refractivity contribution >= 4 is 24.1 Å². The Balaban J connectivity index is 0.000000449. The summed E-state index contributed by atoms with van der Waals surface area (Å²) in [5.41, 5.74) is 2.19. The van der Waals surface area contributed by atoms with E-state index in [-0.39, 0.29) is 0 Å². The van der Waals surface area contributed by atoms with Crippen LogP contribution in [0.2, 0.25) is 0 Å². The Morgan fingerprint density at radius 1 is 1.14 bits per heavy atom. The van der Waals surface area contributed by atoms with E-state index in [1.165, 1.54) is 25.6 Å². The fraction of sp³-hybridized carbons (Fsp3) is 0.600. The molecule has 0 bridgehead atoms. The molecule has 9 heteroatoms. The Hall–Kier alpha value is -2.68. The summed E-state index contributed by atoms with van der Waals surface area (Å²) in [5, 5.41) is 10.8. The molecule has 3 heterocycles. The lowest BCUT2D eigenvalue weighted by Crippen LogP contribution is -2.45. The van der Waals surface area contributed by atoms with Crippen LogP contribution in [0.25, 0.3) is 0 Å². The van der Waals surface area contributed by atoms with Crippen molar-refractivity contribution in [1.82, 2.24) is 25.1 Å². The van der Waals surface area contributed by atoms with E-state index < -0.39 is 0 Å². The number of aromatic amines is 1. The Kier molecular flexibility index (Phi) is 8.85. The van der Waals surface area contributed by atoms with E-state index in [2.05, 4.69) is 53.1 Å². The van der Waals surface area contributed by atoms with Gasteiger partial charge in [-0.3, -0.25) is 9.89 Å². The SMILES string of the molecule is CC.COC=O.Cc1cc(Nc2cc(C3CC3)[nH]n2)nc(N2CCN(C)CC2)n1. The van der Waals surface area contributed by atoms with Gasteiger partial charge in [-0.1, -0.05) is 13.8 Å². The zero-order valence-electron chi connectivity index (χ0n) is 18.1. The number of methoxy groups -OCH3 is 1. The molecule has 0 amide bonds. The number of piperazine rings is 1. The third-order valence-corrected chi connectivity index (χ3v) is 4.60. The van der Waals surface area contributed by atoms with Gasteiger partial charge in [0, 0.05) is 55.6 Å². The second-order valence-electron chi connectivity index (χ2n) is 6.92. The molecule has 1 saturated carbocycles. The summed E-state index contributed by atoms with van der Waals surface area (Å²) in [6, 6.07) is 4.05. The number of aromatic nitrogens is 4. The molecule has 1 aliphatic heterocycles. The first-order chi connectivity index (χ1) is 14.1. The van der Waals surface area contributed by atoms with Crippen LogP contribution in [-0.4, -0.2) is 71.9 Å². The molecule has 0 spiro atoms. The number of H-pyrrole nitrogens is 1. The summed E-state index contributed by atoms with van der Waals surface area (Å²) in [7, 11) is 3.46. The molecule has 2 aromatic heterocycles. The lowest BCUT2D eigenvalue weighted by Gasteiger charge is -2.32. The summed E-state index contributed by atoms with van der Waals surface area (Å²) in [5.74, 6) is 3.11. The lowest BCUT2D eigenvalue weighted by atomic mass is 10.3. The Morgan fingerprint density at radius 2 is 1.79 bits per heavy atom. The topological polar surface area (TPSA) is 99.3 Å². The van der Waals surface area contributed by atoms with E-state index in [9.17, 15) is 0 Å². The normalized spacial score (nSPS) is 16.1. The quantitative estimate of drug-likeness (QED) is 0.735. The van der Waals surface area contributed by atoms with Crippen molar-refractivity contribution in [3.8, 4) is 0 Å². The third kappa shape index (κ3) is 7.01. The number of nitrogens with one attached hydrogen (secondary N) is 2. The molecule has 9 nitrogen and oxygen atoms in total. The zero-order chi connectivity index (χ0) is 21.2. The van der Waals surface area contributed by atoms with E-state index in [1.807, 2.05) is 26.8 Å². The van der Waals surface area contributed by atoms with Crippen LogP contribution in [0.4, 0.5) is 17.6 Å². The van der Waals surface area contributed by atoms with Crippen LogP contribution in [0.15, 0.2) is 12.1 Å². The molecule has 4 rings (SSSR count). The fourth-order valence-electron chi connectivity index (χ4n) is 2.90. The largest absolute Gasteiger partial charge is 0.471 e. The van der Waals surface area contributed by atoms with E-state index in [1.54, 1.807) is 0 Å². The van der Waals surface area contributed by atoms with Crippen LogP contribution in [0, 0.1) is 6.92 Å². The molecule has 29 heavy (non-hydrogen) atoms. The number of ether oxygens (including phenoxy) is 1. The number of anilines is 3. The van der Waals surface area contributed by atoms with Gasteiger partial charge in [-0.2, -0.15) is 10.1 Å². The summed E-state index contributed by atoms with van der Waals surface area (Å²) in [4.78, 5) is 22.8. The van der Waals surface area contributed by atoms with Crippen molar-refractivity contribution < 1.29 is 9.53 Å². The van der Waals surface area contributed by atoms with Crippen LogP contribution in [-0.2, 0) is 9.53 Å². The highest BCUT2D eigenvalue weighted by Gasteiger charge is 2.25. The van der Waals surface area contributed by atoms with Gasteiger partial charge in [0.15, 0.2) is 5.82 Å². The number of hydrogen-bond donors (Lipinski definition) is 2. The van der Waals surface area contributed by atoms with E-state index in [0.29, 0.717) is 12.4 Å². The maximum absolute atomic E-state index is 8.95. The van der Waals surface area contributed by atoms with Crippen LogP contribution >= 0.6 is 0 Å². The van der Waals surface area contributed by atoms with Crippen molar-refractivity contribution in [2.75, 3.05) is 50.6 Å². The molecule has 0 atom stereocenters. The first kappa shape index (κ1) is 22.6. The van der Waals surface area contributed by atoms with Crippen molar-refractivity contribution in [2.24, 2.45) is 0 Å². The minimum atomic E-state index is 0.375. The van der Waals surface area contributed by atoms with E-state index >= 15 is 0 Å². The molecular formula is C20H33N7O2. The van der Waals surface area contributed by atoms with Gasteiger partial charge in [0.2, 0.25) is 5.95 Å². The molecule has 0 unspecified atom stereocenters. The first-order valence-corrected chi connectivity index (χ1v) is 10.2. The monoisotopic (exact) mass is 403 g/mol. The van der Waals surface area contributed by atoms with Gasteiger partial charge < -0.3 is 19.9 Å². The van der Waals surface area contributed by atoms with Crippen LogP contribution in [0.5, 0.6) is 0 Å². The van der Waals surface area contributed by atoms with Crippen LogP contribution in [0.1, 0.15) is 44.0 Å². The molecule has 2 aromatic rings. The fourth-order valence-corrected chi connectivity index (χ4v) is 2.90. The van der Waals surface area contributed by atoms with Gasteiger partial charge in [0.05, 0.1) is 7.11 Å². The van der Waals surface area contributed by atoms with Crippen molar-refractivity contribution in [3.63, 3.8) is 0 Å². The average molecular weight is 404 g/mol. The number of carbonyl (C=O) groups excluding carboxylic acids is 1. The highest BCUT2D eigenvalue weighted by atomic mass is 16.5. The van der Waals surface area contributed by atoms with Gasteiger partial charge in [-0.05, 0) is 26.8 Å². The summed E-state index contributed by atoms with van der Waals surface area (Å²) >= 11 is 0. The Bertz CT molecular complexity index is 753. The number of likely N-dealkylation sites (N-methyl/N-ethyl adjacent to an activating group) is 1. The number of carbonyl (C=O) groups is 1. The smallest absolute Gasteiger partial charge is 0.292 e. The second kappa shape index (κ2) is 11.4. The van der Waals surface area contributed by atoms with Crippen molar-refractivity contribution in [2.45, 2.75) is 39.5 Å². The molecular weight excluding hydrogens is 370 g/mol. The maximum Gasteiger partial charge on any atom is 0.292 e. The molecule has 1 aliphatic carbocycles. The number of rotatable bonds is 5. The molecule has 2 N–H and O–H groups in total. The highest BCUT2D eigenvalue weighted by molar-refractivity contribution is 5.54. The zero-order valence-corrected chi connectivity index (χ0v) is 18.1. The van der Waals surface area contributed by atoms with Gasteiger partial charge in [0.25, 0.3) is 6.47 Å². The number of aryl methyl sites for hydroxylation is 1. The Morgan fingerprint density at radius 3 is 2.38 bits per heavy atom. The predicted molar refractivity (Wildman–Crippen MR) is 115 cm³/mol. The second-order valence-corrected chi connectivity index (χ2v) is 6.92. The number of hydrogen-bond acceptors (Lipinski definition) is 8. The molecule has 0 aromatic carbocycles. The lowest BCUT2D eigenvalue weighted by molar-refractivity contribution is -0.126. The summed E-state index contributed by atoms with van der Waals surface area (Å²) in [6.45, 7) is 10.4.